The third-order valence-corrected chi connectivity index (χ3v) is 4.63. The molecule has 0 saturated heterocycles. The highest BCUT2D eigenvalue weighted by Crippen LogP contribution is 2.24. The minimum Gasteiger partial charge on any atom is -0.497 e. The van der Waals surface area contributed by atoms with Gasteiger partial charge >= 0.3 is 0 Å². The number of hydrazone groups is 1. The van der Waals surface area contributed by atoms with E-state index >= 15 is 0 Å². The maximum absolute atomic E-state index is 12.2. The Morgan fingerprint density at radius 3 is 2.52 bits per heavy atom. The Balaban J connectivity index is 1.96. The first-order chi connectivity index (χ1) is 12.0. The standard InChI is InChI=1S/C19H22N2O3S/c1-13-5-8-17(9-6-13)25-14(2)19(22)21-20-12-15-11-16(23-3)7-10-18(15)24-4/h5-12,14H,1-4H3,(H,21,22)/b20-12-/t14-/m0/s1. The van der Waals surface area contributed by atoms with Crippen LogP contribution in [0.3, 0.4) is 0 Å². The number of methoxy groups -OCH3 is 2. The summed E-state index contributed by atoms with van der Waals surface area (Å²) in [5.41, 5.74) is 4.48. The first kappa shape index (κ1) is 18.9. The molecule has 1 atom stereocenters. The predicted molar refractivity (Wildman–Crippen MR) is 102 cm³/mol. The molecule has 1 N–H and O–H groups in total. The van der Waals surface area contributed by atoms with Crippen LogP contribution in [0, 0.1) is 6.92 Å². The highest BCUT2D eigenvalue weighted by atomic mass is 32.2. The summed E-state index contributed by atoms with van der Waals surface area (Å²) in [4.78, 5) is 13.2. The van der Waals surface area contributed by atoms with Gasteiger partial charge in [-0.2, -0.15) is 5.10 Å². The molecule has 0 bridgehead atoms. The van der Waals surface area contributed by atoms with E-state index in [4.69, 9.17) is 9.47 Å². The van der Waals surface area contributed by atoms with Crippen molar-refractivity contribution in [2.24, 2.45) is 5.10 Å². The summed E-state index contributed by atoms with van der Waals surface area (Å²) in [5.74, 6) is 1.18. The molecule has 0 unspecified atom stereocenters. The van der Waals surface area contributed by atoms with Gasteiger partial charge in [-0.3, -0.25) is 4.79 Å². The molecule has 0 heterocycles. The number of aryl methyl sites for hydroxylation is 1. The second kappa shape index (κ2) is 9.13. The topological polar surface area (TPSA) is 59.9 Å². The van der Waals surface area contributed by atoms with Gasteiger partial charge in [0, 0.05) is 10.5 Å². The van der Waals surface area contributed by atoms with Crippen LogP contribution in [0.25, 0.3) is 0 Å². The highest BCUT2D eigenvalue weighted by Gasteiger charge is 2.13. The number of nitrogens with zero attached hydrogens (tertiary/aromatic N) is 1. The smallest absolute Gasteiger partial charge is 0.253 e. The Labute approximate surface area is 152 Å². The quantitative estimate of drug-likeness (QED) is 0.466. The number of carbonyl (C=O) groups is 1. The van der Waals surface area contributed by atoms with Crippen molar-refractivity contribution in [1.29, 1.82) is 0 Å². The van der Waals surface area contributed by atoms with Crippen LogP contribution >= 0.6 is 11.8 Å². The number of rotatable bonds is 7. The van der Waals surface area contributed by atoms with Crippen LogP contribution in [0.4, 0.5) is 0 Å². The number of carbonyl (C=O) groups excluding carboxylic acids is 1. The highest BCUT2D eigenvalue weighted by molar-refractivity contribution is 8.00. The van der Waals surface area contributed by atoms with E-state index in [1.807, 2.05) is 38.1 Å². The maximum atomic E-state index is 12.2. The molecule has 25 heavy (non-hydrogen) atoms. The van der Waals surface area contributed by atoms with Crippen LogP contribution in [0.15, 0.2) is 52.5 Å². The maximum Gasteiger partial charge on any atom is 0.253 e. The van der Waals surface area contributed by atoms with Crippen LogP contribution < -0.4 is 14.9 Å². The Hall–Kier alpha value is -2.47. The largest absolute Gasteiger partial charge is 0.497 e. The Bertz CT molecular complexity index is 745. The molecule has 2 rings (SSSR count). The van der Waals surface area contributed by atoms with Crippen molar-refractivity contribution in [3.8, 4) is 11.5 Å². The average Bonchev–Trinajstić information content (AvgIpc) is 2.63. The van der Waals surface area contributed by atoms with Crippen LogP contribution in [0.1, 0.15) is 18.1 Å². The molecule has 0 spiro atoms. The van der Waals surface area contributed by atoms with Gasteiger partial charge < -0.3 is 9.47 Å². The van der Waals surface area contributed by atoms with Crippen molar-refractivity contribution in [2.45, 2.75) is 24.0 Å². The first-order valence-electron chi connectivity index (χ1n) is 7.81. The van der Waals surface area contributed by atoms with E-state index in [0.29, 0.717) is 11.5 Å². The summed E-state index contributed by atoms with van der Waals surface area (Å²) < 4.78 is 10.5. The van der Waals surface area contributed by atoms with Crippen molar-refractivity contribution in [2.75, 3.05) is 14.2 Å². The zero-order valence-electron chi connectivity index (χ0n) is 14.8. The fourth-order valence-corrected chi connectivity index (χ4v) is 2.93. The van der Waals surface area contributed by atoms with Crippen molar-refractivity contribution < 1.29 is 14.3 Å². The predicted octanol–water partition coefficient (Wildman–Crippen LogP) is 3.64. The Morgan fingerprint density at radius 2 is 1.88 bits per heavy atom. The molecule has 1 amide bonds. The second-order valence-corrected chi connectivity index (χ2v) is 6.83. The zero-order chi connectivity index (χ0) is 18.2. The molecule has 0 aliphatic rings. The molecule has 2 aromatic carbocycles. The number of nitrogens with one attached hydrogen (secondary N) is 1. The minimum atomic E-state index is -0.257. The molecule has 0 aromatic heterocycles. The summed E-state index contributed by atoms with van der Waals surface area (Å²) in [5, 5.41) is 3.77. The van der Waals surface area contributed by atoms with Crippen LogP contribution in [-0.2, 0) is 4.79 Å². The van der Waals surface area contributed by atoms with Crippen molar-refractivity contribution in [3.63, 3.8) is 0 Å². The van der Waals surface area contributed by atoms with E-state index in [-0.39, 0.29) is 11.2 Å². The lowest BCUT2D eigenvalue weighted by Gasteiger charge is -2.10. The summed E-state index contributed by atoms with van der Waals surface area (Å²) in [7, 11) is 3.17. The third-order valence-electron chi connectivity index (χ3n) is 3.52. The van der Waals surface area contributed by atoms with E-state index in [0.717, 1.165) is 10.5 Å². The first-order valence-corrected chi connectivity index (χ1v) is 8.69. The van der Waals surface area contributed by atoms with Gasteiger partial charge in [0.25, 0.3) is 5.91 Å². The van der Waals surface area contributed by atoms with Crippen LogP contribution in [-0.4, -0.2) is 31.6 Å². The average molecular weight is 358 g/mol. The number of hydrogen-bond acceptors (Lipinski definition) is 5. The van der Waals surface area contributed by atoms with Gasteiger partial charge in [0.15, 0.2) is 0 Å². The van der Waals surface area contributed by atoms with Crippen molar-refractivity contribution >= 4 is 23.9 Å². The van der Waals surface area contributed by atoms with Crippen molar-refractivity contribution in [3.05, 3.63) is 53.6 Å². The molecule has 6 heteroatoms. The molecular weight excluding hydrogens is 336 g/mol. The zero-order valence-corrected chi connectivity index (χ0v) is 15.6. The SMILES string of the molecule is COc1ccc(OC)c(/C=N\NC(=O)[C@H](C)Sc2ccc(C)cc2)c1. The normalized spacial score (nSPS) is 12.0. The fourth-order valence-electron chi connectivity index (χ4n) is 2.07. The summed E-state index contributed by atoms with van der Waals surface area (Å²) in [6.45, 7) is 3.88. The van der Waals surface area contributed by atoms with Gasteiger partial charge in [0.05, 0.1) is 25.7 Å². The van der Waals surface area contributed by atoms with Crippen LogP contribution in [0.5, 0.6) is 11.5 Å². The summed E-state index contributed by atoms with van der Waals surface area (Å²) in [6.07, 6.45) is 1.54. The van der Waals surface area contributed by atoms with E-state index < -0.39 is 0 Å². The molecule has 0 saturated carbocycles. The number of ether oxygens (including phenoxy) is 2. The van der Waals surface area contributed by atoms with E-state index in [1.54, 1.807) is 38.6 Å². The van der Waals surface area contributed by atoms with Gasteiger partial charge in [-0.25, -0.2) is 5.43 Å². The second-order valence-electron chi connectivity index (χ2n) is 5.42. The van der Waals surface area contributed by atoms with Crippen LogP contribution in [0.2, 0.25) is 0 Å². The summed E-state index contributed by atoms with van der Waals surface area (Å²) >= 11 is 1.49. The molecule has 0 fully saturated rings. The van der Waals surface area contributed by atoms with Crippen molar-refractivity contribution in [1.82, 2.24) is 5.43 Å². The summed E-state index contributed by atoms with van der Waals surface area (Å²) in [6, 6.07) is 13.5. The molecular formula is C19H22N2O3S. The molecule has 0 aliphatic carbocycles. The molecule has 5 nitrogen and oxygen atoms in total. The van der Waals surface area contributed by atoms with Gasteiger partial charge in [-0.05, 0) is 44.2 Å². The molecule has 0 radical (unpaired) electrons. The van der Waals surface area contributed by atoms with E-state index in [9.17, 15) is 4.79 Å². The van der Waals surface area contributed by atoms with E-state index in [2.05, 4.69) is 10.5 Å². The van der Waals surface area contributed by atoms with E-state index in [1.165, 1.54) is 17.3 Å². The van der Waals surface area contributed by atoms with Gasteiger partial charge in [-0.1, -0.05) is 17.7 Å². The molecule has 132 valence electrons. The molecule has 0 aliphatic heterocycles. The lowest BCUT2D eigenvalue weighted by molar-refractivity contribution is -0.120. The number of thioether (sulfide) groups is 1. The Kier molecular flexibility index (Phi) is 6.89. The monoisotopic (exact) mass is 358 g/mol. The third kappa shape index (κ3) is 5.53. The number of hydrogen-bond donors (Lipinski definition) is 1. The lowest BCUT2D eigenvalue weighted by Crippen LogP contribution is -2.26. The lowest BCUT2D eigenvalue weighted by atomic mass is 10.2. The minimum absolute atomic E-state index is 0.163. The Morgan fingerprint density at radius 1 is 1.16 bits per heavy atom. The van der Waals surface area contributed by atoms with Gasteiger partial charge in [-0.15, -0.1) is 11.8 Å². The molecule has 2 aromatic rings. The number of benzene rings is 2. The fraction of sp³-hybridized carbons (Fsp3) is 0.263. The number of amides is 1. The van der Waals surface area contributed by atoms with Gasteiger partial charge in [0.1, 0.15) is 11.5 Å². The van der Waals surface area contributed by atoms with Gasteiger partial charge in [0.2, 0.25) is 0 Å².